The molecular weight excluding hydrogens is 323 g/mol. The zero-order valence-electron chi connectivity index (χ0n) is 13.1. The molecule has 5 nitrogen and oxygen atoms in total. The van der Waals surface area contributed by atoms with E-state index in [1.807, 2.05) is 24.3 Å². The highest BCUT2D eigenvalue weighted by Crippen LogP contribution is 2.23. The summed E-state index contributed by atoms with van der Waals surface area (Å²) in [6, 6.07) is 14.7. The number of pyridine rings is 1. The summed E-state index contributed by atoms with van der Waals surface area (Å²) >= 11 is 0. The van der Waals surface area contributed by atoms with E-state index >= 15 is 0 Å². The Morgan fingerprint density at radius 3 is 2.80 bits per heavy atom. The van der Waals surface area contributed by atoms with Crippen LogP contribution in [0.25, 0.3) is 10.9 Å². The van der Waals surface area contributed by atoms with E-state index in [-0.39, 0.29) is 24.3 Å². The Morgan fingerprint density at radius 1 is 1.12 bits per heavy atom. The Morgan fingerprint density at radius 2 is 1.96 bits per heavy atom. The molecule has 1 heterocycles. The van der Waals surface area contributed by atoms with Gasteiger partial charge in [-0.3, -0.25) is 4.98 Å². The van der Waals surface area contributed by atoms with Crippen LogP contribution in [0.15, 0.2) is 54.7 Å². The smallest absolute Gasteiger partial charge is 0.339 e. The van der Waals surface area contributed by atoms with Gasteiger partial charge in [-0.15, -0.1) is 0 Å². The summed E-state index contributed by atoms with van der Waals surface area (Å²) < 4.78 is 24.2. The van der Waals surface area contributed by atoms with Crippen molar-refractivity contribution in [3.63, 3.8) is 0 Å². The number of carbonyl (C=O) groups excluding carboxylic acids is 1. The lowest BCUT2D eigenvalue weighted by Crippen LogP contribution is -2.14. The number of hydrogen-bond donors (Lipinski definition) is 0. The maximum atomic E-state index is 13.5. The Balaban J connectivity index is 1.61. The molecular formula is C19H13FN2O3. The molecule has 0 atom stereocenters. The second-order valence-electron chi connectivity index (χ2n) is 5.08. The van der Waals surface area contributed by atoms with Crippen LogP contribution >= 0.6 is 0 Å². The van der Waals surface area contributed by atoms with E-state index in [0.29, 0.717) is 5.75 Å². The highest BCUT2D eigenvalue weighted by atomic mass is 19.1. The second kappa shape index (κ2) is 7.41. The van der Waals surface area contributed by atoms with E-state index in [2.05, 4.69) is 4.98 Å². The van der Waals surface area contributed by atoms with E-state index in [1.54, 1.807) is 18.3 Å². The standard InChI is InChI=1S/C19H13FN2O3/c20-16-6-3-5-13(15(16)12-21)19(23)25-11-10-24-18-8-9-22-17-7-2-1-4-14(17)18/h1-9H,10-11H2. The van der Waals surface area contributed by atoms with Gasteiger partial charge in [0.2, 0.25) is 0 Å². The van der Waals surface area contributed by atoms with E-state index in [0.717, 1.165) is 17.0 Å². The molecule has 0 amide bonds. The van der Waals surface area contributed by atoms with Crippen LogP contribution in [-0.2, 0) is 4.74 Å². The number of benzene rings is 2. The molecule has 0 bridgehead atoms. The van der Waals surface area contributed by atoms with Gasteiger partial charge in [-0.1, -0.05) is 18.2 Å². The van der Waals surface area contributed by atoms with Gasteiger partial charge in [0.1, 0.15) is 36.4 Å². The average molecular weight is 336 g/mol. The fourth-order valence-electron chi connectivity index (χ4n) is 2.37. The molecule has 0 aliphatic rings. The van der Waals surface area contributed by atoms with Crippen LogP contribution in [0.3, 0.4) is 0 Å². The first-order valence-corrected chi connectivity index (χ1v) is 7.53. The fourth-order valence-corrected chi connectivity index (χ4v) is 2.37. The van der Waals surface area contributed by atoms with E-state index in [4.69, 9.17) is 14.7 Å². The first kappa shape index (κ1) is 16.4. The zero-order chi connectivity index (χ0) is 17.6. The summed E-state index contributed by atoms with van der Waals surface area (Å²) in [6.45, 7) is 0.0911. The van der Waals surface area contributed by atoms with E-state index in [9.17, 15) is 9.18 Å². The molecule has 0 radical (unpaired) electrons. The molecule has 6 heteroatoms. The molecule has 0 N–H and O–H groups in total. The van der Waals surface area contributed by atoms with Gasteiger partial charge in [0, 0.05) is 11.6 Å². The van der Waals surface area contributed by atoms with Gasteiger partial charge >= 0.3 is 5.97 Å². The molecule has 1 aromatic heterocycles. The molecule has 25 heavy (non-hydrogen) atoms. The van der Waals surface area contributed by atoms with Crippen LogP contribution in [-0.4, -0.2) is 24.2 Å². The molecule has 124 valence electrons. The summed E-state index contributed by atoms with van der Waals surface area (Å²) in [7, 11) is 0. The summed E-state index contributed by atoms with van der Waals surface area (Å²) in [5.41, 5.74) is 0.376. The number of nitrogens with zero attached hydrogens (tertiary/aromatic N) is 2. The molecule has 0 unspecified atom stereocenters. The topological polar surface area (TPSA) is 72.2 Å². The largest absolute Gasteiger partial charge is 0.489 e. The number of hydrogen-bond acceptors (Lipinski definition) is 5. The number of esters is 1. The van der Waals surface area contributed by atoms with Gasteiger partial charge < -0.3 is 9.47 Å². The molecule has 0 fully saturated rings. The van der Waals surface area contributed by atoms with Gasteiger partial charge in [-0.2, -0.15) is 5.26 Å². The maximum absolute atomic E-state index is 13.5. The summed E-state index contributed by atoms with van der Waals surface area (Å²) in [4.78, 5) is 16.2. The number of nitriles is 1. The lowest BCUT2D eigenvalue weighted by atomic mass is 10.1. The van der Waals surface area contributed by atoms with Crippen molar-refractivity contribution >= 4 is 16.9 Å². The first-order valence-electron chi connectivity index (χ1n) is 7.53. The van der Waals surface area contributed by atoms with Crippen molar-refractivity contribution in [2.75, 3.05) is 13.2 Å². The number of carbonyl (C=O) groups is 1. The van der Waals surface area contributed by atoms with Gasteiger partial charge in [0.25, 0.3) is 0 Å². The Hall–Kier alpha value is -3.46. The van der Waals surface area contributed by atoms with E-state index < -0.39 is 11.8 Å². The minimum atomic E-state index is -0.765. The highest BCUT2D eigenvalue weighted by molar-refractivity contribution is 5.92. The van der Waals surface area contributed by atoms with Crippen molar-refractivity contribution in [2.45, 2.75) is 0 Å². The third-order valence-corrected chi connectivity index (χ3v) is 3.53. The number of fused-ring (bicyclic) bond motifs is 1. The first-order chi connectivity index (χ1) is 12.2. The predicted octanol–water partition coefficient (Wildman–Crippen LogP) is 3.48. The highest BCUT2D eigenvalue weighted by Gasteiger charge is 2.16. The summed E-state index contributed by atoms with van der Waals surface area (Å²) in [5, 5.41) is 9.80. The Kier molecular flexibility index (Phi) is 4.86. The quantitative estimate of drug-likeness (QED) is 0.527. The van der Waals surface area contributed by atoms with Crippen molar-refractivity contribution in [1.29, 1.82) is 5.26 Å². The minimum Gasteiger partial charge on any atom is -0.489 e. The molecule has 3 aromatic rings. The van der Waals surface area contributed by atoms with Crippen LogP contribution in [0, 0.1) is 17.1 Å². The molecule has 0 spiro atoms. The second-order valence-corrected chi connectivity index (χ2v) is 5.08. The minimum absolute atomic E-state index is 0.0309. The monoisotopic (exact) mass is 336 g/mol. The van der Waals surface area contributed by atoms with Gasteiger partial charge in [-0.25, -0.2) is 9.18 Å². The van der Waals surface area contributed by atoms with Crippen LogP contribution in [0.1, 0.15) is 15.9 Å². The van der Waals surface area contributed by atoms with Crippen LogP contribution in [0.5, 0.6) is 5.75 Å². The number of para-hydroxylation sites is 1. The predicted molar refractivity (Wildman–Crippen MR) is 88.6 cm³/mol. The number of halogens is 1. The fraction of sp³-hybridized carbons (Fsp3) is 0.105. The number of aromatic nitrogens is 1. The van der Waals surface area contributed by atoms with Crippen molar-refractivity contribution in [3.8, 4) is 11.8 Å². The normalized spacial score (nSPS) is 10.2. The molecule has 0 saturated carbocycles. The summed E-state index contributed by atoms with van der Waals surface area (Å²) in [5.74, 6) is -0.888. The summed E-state index contributed by atoms with van der Waals surface area (Å²) in [6.07, 6.45) is 1.63. The van der Waals surface area contributed by atoms with Crippen molar-refractivity contribution in [3.05, 3.63) is 71.7 Å². The van der Waals surface area contributed by atoms with Crippen molar-refractivity contribution in [2.24, 2.45) is 0 Å². The number of ether oxygens (including phenoxy) is 2. The molecule has 0 saturated heterocycles. The van der Waals surface area contributed by atoms with Gasteiger partial charge in [0.15, 0.2) is 0 Å². The third kappa shape index (κ3) is 3.56. The molecule has 2 aromatic carbocycles. The van der Waals surface area contributed by atoms with Crippen LogP contribution in [0.2, 0.25) is 0 Å². The SMILES string of the molecule is N#Cc1c(F)cccc1C(=O)OCCOc1ccnc2ccccc12. The lowest BCUT2D eigenvalue weighted by molar-refractivity contribution is 0.0450. The maximum Gasteiger partial charge on any atom is 0.339 e. The number of rotatable bonds is 5. The van der Waals surface area contributed by atoms with Gasteiger partial charge in [-0.05, 0) is 30.3 Å². The van der Waals surface area contributed by atoms with E-state index in [1.165, 1.54) is 12.1 Å². The molecule has 0 aliphatic heterocycles. The third-order valence-electron chi connectivity index (χ3n) is 3.53. The van der Waals surface area contributed by atoms with Crippen LogP contribution in [0.4, 0.5) is 4.39 Å². The van der Waals surface area contributed by atoms with Crippen LogP contribution < -0.4 is 4.74 Å². The van der Waals surface area contributed by atoms with Crippen molar-refractivity contribution in [1.82, 2.24) is 4.98 Å². The lowest BCUT2D eigenvalue weighted by Gasteiger charge is -2.10. The molecule has 0 aliphatic carbocycles. The van der Waals surface area contributed by atoms with Crippen molar-refractivity contribution < 1.29 is 18.7 Å². The zero-order valence-corrected chi connectivity index (χ0v) is 13.1. The Labute approximate surface area is 143 Å². The average Bonchev–Trinajstić information content (AvgIpc) is 2.65. The Bertz CT molecular complexity index is 961. The van der Waals surface area contributed by atoms with Gasteiger partial charge in [0.05, 0.1) is 11.1 Å². The molecule has 3 rings (SSSR count).